The molecule has 2 unspecified atom stereocenters. The van der Waals surface area contributed by atoms with Gasteiger partial charge < -0.3 is 29.7 Å². The van der Waals surface area contributed by atoms with E-state index >= 15 is 0 Å². The minimum Gasteiger partial charge on any atom is -0.377 e. The molecule has 43 heavy (non-hydrogen) atoms. The number of H-pyrrole nitrogens is 1. The highest BCUT2D eigenvalue weighted by atomic mass is 16.5. The average molecular weight is 582 g/mol. The molecule has 0 spiro atoms. The molecule has 0 radical (unpaired) electrons. The molecule has 10 nitrogen and oxygen atoms in total. The Kier molecular flexibility index (Phi) is 7.76. The molecule has 4 fully saturated rings. The molecule has 2 bridgehead atoms. The molecule has 4 saturated heterocycles. The number of hydrogen-bond donors (Lipinski definition) is 2. The Morgan fingerprint density at radius 2 is 1.65 bits per heavy atom. The number of carbonyl (C=O) groups excluding carboxylic acids is 2. The maximum atomic E-state index is 13.1. The number of rotatable bonds is 5. The molecule has 2 amide bonds. The number of piperidine rings is 2. The van der Waals surface area contributed by atoms with Gasteiger partial charge in [-0.05, 0) is 88.2 Å². The van der Waals surface area contributed by atoms with Gasteiger partial charge in [-0.15, -0.1) is 0 Å². The van der Waals surface area contributed by atoms with Crippen LogP contribution in [-0.4, -0.2) is 94.1 Å². The molecule has 6 heterocycles. The van der Waals surface area contributed by atoms with Gasteiger partial charge in [-0.1, -0.05) is 18.1 Å². The summed E-state index contributed by atoms with van der Waals surface area (Å²) in [6.45, 7) is 6.56. The SMILES string of the molecule is CC#CC(=O)N1CCC(N2CCC(C(=O)Nc3ccc(-c4cc5c(N6C7CCC6COC7)ncnc5[nH]4)cc3)CC2)CC1. The van der Waals surface area contributed by atoms with Gasteiger partial charge in [0.15, 0.2) is 0 Å². The number of anilines is 2. The lowest BCUT2D eigenvalue weighted by Crippen LogP contribution is -2.49. The van der Waals surface area contributed by atoms with Gasteiger partial charge in [-0.3, -0.25) is 9.59 Å². The highest BCUT2D eigenvalue weighted by Crippen LogP contribution is 2.37. The number of carbonyl (C=O) groups is 2. The lowest BCUT2D eigenvalue weighted by molar-refractivity contribution is -0.127. The van der Waals surface area contributed by atoms with Crippen molar-refractivity contribution in [1.29, 1.82) is 0 Å². The zero-order valence-electron chi connectivity index (χ0n) is 24.7. The van der Waals surface area contributed by atoms with E-state index in [1.54, 1.807) is 13.3 Å². The third-order valence-electron chi connectivity index (χ3n) is 9.75. The number of ether oxygens (including phenoxy) is 1. The minimum absolute atomic E-state index is 0.0126. The molecule has 224 valence electrons. The van der Waals surface area contributed by atoms with Gasteiger partial charge in [-0.2, -0.15) is 0 Å². The smallest absolute Gasteiger partial charge is 0.298 e. The molecule has 0 aliphatic carbocycles. The zero-order chi connectivity index (χ0) is 29.3. The molecule has 7 rings (SSSR count). The molecule has 2 atom stereocenters. The van der Waals surface area contributed by atoms with Crippen LogP contribution in [0.1, 0.15) is 45.4 Å². The predicted molar refractivity (Wildman–Crippen MR) is 165 cm³/mol. The Balaban J connectivity index is 0.944. The highest BCUT2D eigenvalue weighted by molar-refractivity contribution is 5.94. The van der Waals surface area contributed by atoms with Crippen molar-refractivity contribution in [2.45, 2.75) is 63.6 Å². The van der Waals surface area contributed by atoms with Crippen molar-refractivity contribution < 1.29 is 14.3 Å². The van der Waals surface area contributed by atoms with E-state index in [4.69, 9.17) is 4.74 Å². The Hall–Kier alpha value is -3.94. The summed E-state index contributed by atoms with van der Waals surface area (Å²) < 4.78 is 5.78. The van der Waals surface area contributed by atoms with Gasteiger partial charge in [0.25, 0.3) is 5.91 Å². The summed E-state index contributed by atoms with van der Waals surface area (Å²) in [5, 5.41) is 4.18. The van der Waals surface area contributed by atoms with Gasteiger partial charge in [-0.25, -0.2) is 9.97 Å². The number of aromatic nitrogens is 3. The minimum atomic E-state index is -0.0653. The Labute approximate surface area is 252 Å². The lowest BCUT2D eigenvalue weighted by atomic mass is 9.92. The van der Waals surface area contributed by atoms with Crippen LogP contribution in [0.2, 0.25) is 0 Å². The summed E-state index contributed by atoms with van der Waals surface area (Å²) in [7, 11) is 0. The maximum absolute atomic E-state index is 13.1. The van der Waals surface area contributed by atoms with Crippen LogP contribution in [0.25, 0.3) is 22.3 Å². The van der Waals surface area contributed by atoms with E-state index in [9.17, 15) is 9.59 Å². The van der Waals surface area contributed by atoms with Gasteiger partial charge in [0.1, 0.15) is 17.8 Å². The predicted octanol–water partition coefficient (Wildman–Crippen LogP) is 3.66. The molecular formula is C33H39N7O3. The first-order chi connectivity index (χ1) is 21.1. The maximum Gasteiger partial charge on any atom is 0.298 e. The van der Waals surface area contributed by atoms with Crippen LogP contribution in [0.3, 0.4) is 0 Å². The van der Waals surface area contributed by atoms with Crippen LogP contribution in [0.5, 0.6) is 0 Å². The first-order valence-electron chi connectivity index (χ1n) is 15.6. The standard InChI is InChI=1S/C33H39N7O3/c1-2-3-30(41)39-16-12-25(13-17-39)38-14-10-23(11-15-38)33(42)36-24-6-4-22(5-7-24)29-18-28-31(37-29)34-21-35-32(28)40-26-8-9-27(40)20-43-19-26/h4-7,18,21,23,25-27H,8-17,19-20H2,1H3,(H,36,42)(H,34,35,37). The number of aromatic amines is 1. The second-order valence-corrected chi connectivity index (χ2v) is 12.2. The van der Waals surface area contributed by atoms with E-state index in [1.807, 2.05) is 29.2 Å². The van der Waals surface area contributed by atoms with Crippen LogP contribution in [-0.2, 0) is 14.3 Å². The molecular weight excluding hydrogens is 542 g/mol. The van der Waals surface area contributed by atoms with E-state index in [-0.39, 0.29) is 17.7 Å². The molecule has 2 aromatic heterocycles. The Morgan fingerprint density at radius 1 is 0.930 bits per heavy atom. The summed E-state index contributed by atoms with van der Waals surface area (Å²) in [6, 6.07) is 11.4. The van der Waals surface area contributed by atoms with Crippen LogP contribution in [0, 0.1) is 17.8 Å². The quantitative estimate of drug-likeness (QED) is 0.443. The average Bonchev–Trinajstić information content (AvgIpc) is 3.59. The lowest BCUT2D eigenvalue weighted by Gasteiger charge is -2.41. The van der Waals surface area contributed by atoms with E-state index in [0.717, 1.165) is 112 Å². The highest BCUT2D eigenvalue weighted by Gasteiger charge is 2.39. The number of likely N-dealkylation sites (tertiary alicyclic amines) is 2. The molecule has 4 aliphatic rings. The van der Waals surface area contributed by atoms with Crippen LogP contribution >= 0.6 is 0 Å². The molecule has 10 heteroatoms. The number of amides is 2. The number of nitrogens with one attached hydrogen (secondary N) is 2. The van der Waals surface area contributed by atoms with E-state index in [1.165, 1.54) is 0 Å². The van der Waals surface area contributed by atoms with Gasteiger partial charge >= 0.3 is 0 Å². The molecule has 4 aliphatic heterocycles. The van der Waals surface area contributed by atoms with Crippen molar-refractivity contribution >= 4 is 34.4 Å². The van der Waals surface area contributed by atoms with Crippen LogP contribution in [0.15, 0.2) is 36.7 Å². The molecule has 0 saturated carbocycles. The summed E-state index contributed by atoms with van der Waals surface area (Å²) >= 11 is 0. The summed E-state index contributed by atoms with van der Waals surface area (Å²) in [6.07, 6.45) is 7.57. The monoisotopic (exact) mass is 581 g/mol. The molecule has 2 N–H and O–H groups in total. The van der Waals surface area contributed by atoms with E-state index in [2.05, 4.69) is 48.0 Å². The van der Waals surface area contributed by atoms with E-state index < -0.39 is 0 Å². The first-order valence-corrected chi connectivity index (χ1v) is 15.6. The van der Waals surface area contributed by atoms with E-state index in [0.29, 0.717) is 18.1 Å². The fraction of sp³-hybridized carbons (Fsp3) is 0.515. The van der Waals surface area contributed by atoms with Crippen molar-refractivity contribution in [3.8, 4) is 23.1 Å². The third kappa shape index (κ3) is 5.59. The normalized spacial score (nSPS) is 23.3. The van der Waals surface area contributed by atoms with Crippen LogP contribution in [0.4, 0.5) is 11.5 Å². The van der Waals surface area contributed by atoms with Crippen molar-refractivity contribution in [2.75, 3.05) is 49.6 Å². The second kappa shape index (κ2) is 12.0. The van der Waals surface area contributed by atoms with Crippen molar-refractivity contribution in [3.63, 3.8) is 0 Å². The number of hydrogen-bond acceptors (Lipinski definition) is 7. The molecule has 3 aromatic rings. The van der Waals surface area contributed by atoms with Crippen molar-refractivity contribution in [3.05, 3.63) is 36.7 Å². The van der Waals surface area contributed by atoms with Crippen molar-refractivity contribution in [1.82, 2.24) is 24.8 Å². The summed E-state index contributed by atoms with van der Waals surface area (Å²) in [5.41, 5.74) is 3.66. The fourth-order valence-electron chi connectivity index (χ4n) is 7.39. The Morgan fingerprint density at radius 3 is 2.35 bits per heavy atom. The topological polar surface area (TPSA) is 107 Å². The first kappa shape index (κ1) is 27.9. The summed E-state index contributed by atoms with van der Waals surface area (Å²) in [5.74, 6) is 6.38. The largest absolute Gasteiger partial charge is 0.377 e. The number of morpholine rings is 1. The number of fused-ring (bicyclic) bond motifs is 3. The summed E-state index contributed by atoms with van der Waals surface area (Å²) in [4.78, 5) is 44.6. The number of benzene rings is 1. The van der Waals surface area contributed by atoms with Crippen LogP contribution < -0.4 is 10.2 Å². The zero-order valence-corrected chi connectivity index (χ0v) is 24.7. The molecule has 1 aromatic carbocycles. The van der Waals surface area contributed by atoms with Crippen molar-refractivity contribution in [2.24, 2.45) is 5.92 Å². The number of nitrogens with zero attached hydrogens (tertiary/aromatic N) is 5. The van der Waals surface area contributed by atoms with Gasteiger partial charge in [0.2, 0.25) is 5.91 Å². The fourth-order valence-corrected chi connectivity index (χ4v) is 7.39. The Bertz CT molecular complexity index is 1530. The van der Waals surface area contributed by atoms with Gasteiger partial charge in [0.05, 0.1) is 30.7 Å². The third-order valence-corrected chi connectivity index (χ3v) is 9.75. The second-order valence-electron chi connectivity index (χ2n) is 12.2. The van der Waals surface area contributed by atoms with Gasteiger partial charge in [0, 0.05) is 36.4 Å².